The van der Waals surface area contributed by atoms with Gasteiger partial charge < -0.3 is 19.4 Å². The molecule has 0 saturated heterocycles. The zero-order chi connectivity index (χ0) is 25.7. The van der Waals surface area contributed by atoms with E-state index in [2.05, 4.69) is 88.9 Å². The van der Waals surface area contributed by atoms with Gasteiger partial charge in [-0.3, -0.25) is 4.79 Å². The fourth-order valence-electron chi connectivity index (χ4n) is 5.25. The number of amides is 1. The Bertz CT molecular complexity index is 1540. The van der Waals surface area contributed by atoms with E-state index in [4.69, 9.17) is 9.47 Å². The third kappa shape index (κ3) is 5.28. The number of ether oxygens (including phenoxy) is 2. The van der Waals surface area contributed by atoms with Gasteiger partial charge in [0.2, 0.25) is 12.7 Å². The van der Waals surface area contributed by atoms with Crippen LogP contribution in [0.4, 0.5) is 0 Å². The minimum atomic E-state index is 0.0310. The molecule has 1 aromatic heterocycles. The van der Waals surface area contributed by atoms with E-state index in [1.807, 2.05) is 30.3 Å². The van der Waals surface area contributed by atoms with Crippen LogP contribution in [0.25, 0.3) is 10.9 Å². The van der Waals surface area contributed by atoms with Crippen molar-refractivity contribution < 1.29 is 14.3 Å². The number of carbonyl (C=O) groups excluding carboxylic acids is 1. The molecule has 1 N–H and O–H groups in total. The molecule has 0 spiro atoms. The SMILES string of the molecule is O=C(CC(Cc1ccccc1)c1cn(Cc2ccccc2)c2ccccc12)NCc1ccc2c(c1)OCO2. The van der Waals surface area contributed by atoms with Crippen LogP contribution in [-0.4, -0.2) is 17.3 Å². The molecule has 5 nitrogen and oxygen atoms in total. The number of hydrogen-bond acceptors (Lipinski definition) is 3. The molecule has 5 heteroatoms. The summed E-state index contributed by atoms with van der Waals surface area (Å²) in [5, 5.41) is 4.33. The fourth-order valence-corrected chi connectivity index (χ4v) is 5.25. The summed E-state index contributed by atoms with van der Waals surface area (Å²) in [6, 6.07) is 35.2. The Morgan fingerprint density at radius 2 is 1.50 bits per heavy atom. The molecule has 190 valence electrons. The van der Waals surface area contributed by atoms with E-state index in [-0.39, 0.29) is 18.6 Å². The number of nitrogens with one attached hydrogen (secondary N) is 1. The molecule has 0 bridgehead atoms. The Balaban J connectivity index is 1.26. The van der Waals surface area contributed by atoms with Gasteiger partial charge in [-0.2, -0.15) is 0 Å². The Hall–Kier alpha value is -4.51. The summed E-state index contributed by atoms with van der Waals surface area (Å²) < 4.78 is 13.2. The van der Waals surface area contributed by atoms with E-state index in [0.29, 0.717) is 13.0 Å². The Morgan fingerprint density at radius 3 is 2.32 bits per heavy atom. The van der Waals surface area contributed by atoms with Gasteiger partial charge in [-0.05, 0) is 52.8 Å². The molecule has 4 aromatic carbocycles. The first kappa shape index (κ1) is 23.9. The molecule has 1 aliphatic heterocycles. The number of hydrogen-bond donors (Lipinski definition) is 1. The van der Waals surface area contributed by atoms with Crippen LogP contribution in [0.15, 0.2) is 109 Å². The molecule has 2 heterocycles. The summed E-state index contributed by atoms with van der Waals surface area (Å²) in [5.74, 6) is 1.54. The van der Waals surface area contributed by atoms with Crippen LogP contribution in [0.2, 0.25) is 0 Å². The Morgan fingerprint density at radius 1 is 0.789 bits per heavy atom. The Labute approximate surface area is 222 Å². The predicted molar refractivity (Wildman–Crippen MR) is 149 cm³/mol. The van der Waals surface area contributed by atoms with Crippen molar-refractivity contribution in [2.75, 3.05) is 6.79 Å². The third-order valence-electron chi connectivity index (χ3n) is 7.14. The predicted octanol–water partition coefficient (Wildman–Crippen LogP) is 6.45. The zero-order valence-corrected chi connectivity index (χ0v) is 21.2. The molecular formula is C33H30N2O3. The highest BCUT2D eigenvalue weighted by Gasteiger charge is 2.22. The van der Waals surface area contributed by atoms with Gasteiger partial charge >= 0.3 is 0 Å². The highest BCUT2D eigenvalue weighted by Crippen LogP contribution is 2.34. The second-order valence-electron chi connectivity index (χ2n) is 9.77. The van der Waals surface area contributed by atoms with Crippen LogP contribution in [0.3, 0.4) is 0 Å². The first-order chi connectivity index (χ1) is 18.7. The smallest absolute Gasteiger partial charge is 0.231 e. The highest BCUT2D eigenvalue weighted by atomic mass is 16.7. The largest absolute Gasteiger partial charge is 0.454 e. The lowest BCUT2D eigenvalue weighted by molar-refractivity contribution is -0.121. The van der Waals surface area contributed by atoms with Crippen molar-refractivity contribution in [3.05, 3.63) is 132 Å². The highest BCUT2D eigenvalue weighted by molar-refractivity contribution is 5.86. The normalized spacial score (nSPS) is 12.9. The van der Waals surface area contributed by atoms with Crippen molar-refractivity contribution in [2.45, 2.75) is 31.8 Å². The molecule has 38 heavy (non-hydrogen) atoms. The van der Waals surface area contributed by atoms with Crippen LogP contribution in [-0.2, 0) is 24.3 Å². The zero-order valence-electron chi connectivity index (χ0n) is 21.2. The molecule has 1 aliphatic rings. The van der Waals surface area contributed by atoms with E-state index >= 15 is 0 Å². The monoisotopic (exact) mass is 502 g/mol. The topological polar surface area (TPSA) is 52.5 Å². The van der Waals surface area contributed by atoms with E-state index in [1.54, 1.807) is 0 Å². The van der Waals surface area contributed by atoms with Gasteiger partial charge in [-0.1, -0.05) is 84.9 Å². The molecule has 0 radical (unpaired) electrons. The number of aromatic nitrogens is 1. The van der Waals surface area contributed by atoms with Gasteiger partial charge in [-0.15, -0.1) is 0 Å². The molecule has 0 fully saturated rings. The maximum absolute atomic E-state index is 13.3. The quantitative estimate of drug-likeness (QED) is 0.252. The number of para-hydroxylation sites is 1. The van der Waals surface area contributed by atoms with Crippen molar-refractivity contribution >= 4 is 16.8 Å². The van der Waals surface area contributed by atoms with Gasteiger partial charge in [-0.25, -0.2) is 0 Å². The number of benzene rings is 4. The van der Waals surface area contributed by atoms with E-state index in [0.717, 1.165) is 30.0 Å². The van der Waals surface area contributed by atoms with Crippen molar-refractivity contribution in [3.63, 3.8) is 0 Å². The van der Waals surface area contributed by atoms with Crippen molar-refractivity contribution in [1.82, 2.24) is 9.88 Å². The Kier molecular flexibility index (Phi) is 6.81. The lowest BCUT2D eigenvalue weighted by Gasteiger charge is -2.17. The summed E-state index contributed by atoms with van der Waals surface area (Å²) in [6.07, 6.45) is 3.44. The van der Waals surface area contributed by atoms with E-state index in [1.165, 1.54) is 27.6 Å². The summed E-state index contributed by atoms with van der Waals surface area (Å²) in [4.78, 5) is 13.3. The van der Waals surface area contributed by atoms with Gasteiger partial charge in [0.25, 0.3) is 0 Å². The average molecular weight is 503 g/mol. The third-order valence-corrected chi connectivity index (χ3v) is 7.14. The standard InChI is InChI=1S/C33H30N2O3/c36-33(34-20-26-15-16-31-32(18-26)38-23-37-31)19-27(17-24-9-3-1-4-10-24)29-22-35(21-25-11-5-2-6-12-25)30-14-8-7-13-28(29)30/h1-16,18,22,27H,17,19-21,23H2,(H,34,36). The van der Waals surface area contributed by atoms with Gasteiger partial charge in [0.15, 0.2) is 11.5 Å². The first-order valence-corrected chi connectivity index (χ1v) is 13.0. The summed E-state index contributed by atoms with van der Waals surface area (Å²) >= 11 is 0. The summed E-state index contributed by atoms with van der Waals surface area (Å²) in [6.45, 7) is 1.48. The number of rotatable bonds is 9. The molecule has 1 unspecified atom stereocenters. The van der Waals surface area contributed by atoms with E-state index in [9.17, 15) is 4.79 Å². The van der Waals surface area contributed by atoms with Crippen LogP contribution in [0.1, 0.15) is 34.6 Å². The molecule has 5 aromatic rings. The molecule has 1 atom stereocenters. The van der Waals surface area contributed by atoms with Crippen molar-refractivity contribution in [3.8, 4) is 11.5 Å². The number of fused-ring (bicyclic) bond motifs is 2. The summed E-state index contributed by atoms with van der Waals surface area (Å²) in [5.41, 5.74) is 5.85. The molecule has 0 aliphatic carbocycles. The molecule has 6 rings (SSSR count). The van der Waals surface area contributed by atoms with Gasteiger partial charge in [0, 0.05) is 36.6 Å². The fraction of sp³-hybridized carbons (Fsp3) is 0.182. The van der Waals surface area contributed by atoms with Crippen LogP contribution < -0.4 is 14.8 Å². The molecular weight excluding hydrogens is 472 g/mol. The van der Waals surface area contributed by atoms with Crippen LogP contribution in [0.5, 0.6) is 11.5 Å². The van der Waals surface area contributed by atoms with Crippen molar-refractivity contribution in [1.29, 1.82) is 0 Å². The van der Waals surface area contributed by atoms with E-state index < -0.39 is 0 Å². The second kappa shape index (κ2) is 10.9. The van der Waals surface area contributed by atoms with Crippen molar-refractivity contribution in [2.24, 2.45) is 0 Å². The van der Waals surface area contributed by atoms with Crippen LogP contribution in [0, 0.1) is 0 Å². The maximum Gasteiger partial charge on any atom is 0.231 e. The lowest BCUT2D eigenvalue weighted by atomic mass is 9.88. The maximum atomic E-state index is 13.3. The summed E-state index contributed by atoms with van der Waals surface area (Å²) in [7, 11) is 0. The molecule has 1 amide bonds. The number of nitrogens with zero attached hydrogens (tertiary/aromatic N) is 1. The lowest BCUT2D eigenvalue weighted by Crippen LogP contribution is -2.25. The molecule has 0 saturated carbocycles. The minimum absolute atomic E-state index is 0.0310. The number of carbonyl (C=O) groups is 1. The van der Waals surface area contributed by atoms with Gasteiger partial charge in [0.1, 0.15) is 0 Å². The minimum Gasteiger partial charge on any atom is -0.454 e. The average Bonchev–Trinajstić information content (AvgIpc) is 3.57. The van der Waals surface area contributed by atoms with Gasteiger partial charge in [0.05, 0.1) is 0 Å². The second-order valence-corrected chi connectivity index (χ2v) is 9.77. The van der Waals surface area contributed by atoms with Crippen LogP contribution >= 0.6 is 0 Å². The first-order valence-electron chi connectivity index (χ1n) is 13.0.